The minimum atomic E-state index is -4.61. The Labute approximate surface area is 214 Å². The maximum atomic E-state index is 14.2. The second-order valence-corrected chi connectivity index (χ2v) is 9.39. The lowest BCUT2D eigenvalue weighted by atomic mass is 9.91. The third-order valence-electron chi connectivity index (χ3n) is 6.90. The van der Waals surface area contributed by atoms with E-state index in [9.17, 15) is 18.0 Å². The molecule has 0 saturated carbocycles. The fourth-order valence-corrected chi connectivity index (χ4v) is 4.84. The van der Waals surface area contributed by atoms with Crippen LogP contribution in [0.2, 0.25) is 0 Å². The van der Waals surface area contributed by atoms with Crippen molar-refractivity contribution in [2.24, 2.45) is 0 Å². The van der Waals surface area contributed by atoms with Gasteiger partial charge in [0, 0.05) is 19.2 Å². The Bertz CT molecular complexity index is 1620. The Balaban J connectivity index is 1.43. The van der Waals surface area contributed by atoms with Gasteiger partial charge in [0.05, 0.1) is 5.56 Å². The number of hydrogen-bond acceptors (Lipinski definition) is 1. The van der Waals surface area contributed by atoms with Gasteiger partial charge in [-0.25, -0.2) is 0 Å². The monoisotopic (exact) mass is 497 g/mol. The molecule has 2 nitrogen and oxygen atoms in total. The van der Waals surface area contributed by atoms with Gasteiger partial charge in [-0.3, -0.25) is 4.79 Å². The summed E-state index contributed by atoms with van der Waals surface area (Å²) >= 11 is 0. The molecule has 5 rings (SSSR count). The molecule has 5 aromatic carbocycles. The van der Waals surface area contributed by atoms with E-state index in [1.807, 2.05) is 73.7 Å². The molecule has 0 spiro atoms. The SMILES string of the molecule is Cc1ccc(-c2ccc(C(=O)N(C)CCc3ccc4ccccc4c3)cc2C(F)(F)F)c2ccccc12. The van der Waals surface area contributed by atoms with Crippen molar-refractivity contribution in [3.63, 3.8) is 0 Å². The molecule has 5 heteroatoms. The Morgan fingerprint density at radius 2 is 1.43 bits per heavy atom. The van der Waals surface area contributed by atoms with Gasteiger partial charge in [-0.05, 0) is 69.3 Å². The second-order valence-electron chi connectivity index (χ2n) is 9.39. The minimum Gasteiger partial charge on any atom is -0.341 e. The van der Waals surface area contributed by atoms with E-state index in [1.54, 1.807) is 13.1 Å². The summed E-state index contributed by atoms with van der Waals surface area (Å²) in [5.41, 5.74) is 1.84. The Hall–Kier alpha value is -4.12. The molecule has 0 aliphatic heterocycles. The molecule has 186 valence electrons. The zero-order chi connectivity index (χ0) is 26.2. The largest absolute Gasteiger partial charge is 0.417 e. The molecular formula is C32H26F3NO. The molecule has 0 aliphatic carbocycles. The number of rotatable bonds is 5. The van der Waals surface area contributed by atoms with Gasteiger partial charge in [0.15, 0.2) is 0 Å². The number of alkyl halides is 3. The number of amides is 1. The molecule has 0 heterocycles. The van der Waals surface area contributed by atoms with Gasteiger partial charge in [-0.2, -0.15) is 13.2 Å². The first-order valence-electron chi connectivity index (χ1n) is 12.2. The van der Waals surface area contributed by atoms with Gasteiger partial charge in [0.25, 0.3) is 5.91 Å². The molecule has 0 bridgehead atoms. The molecule has 0 aromatic heterocycles. The first-order chi connectivity index (χ1) is 17.7. The van der Waals surface area contributed by atoms with Crippen LogP contribution in [-0.2, 0) is 12.6 Å². The van der Waals surface area contributed by atoms with Crippen LogP contribution in [0, 0.1) is 6.92 Å². The highest BCUT2D eigenvalue weighted by atomic mass is 19.4. The van der Waals surface area contributed by atoms with Crippen molar-refractivity contribution in [2.75, 3.05) is 13.6 Å². The van der Waals surface area contributed by atoms with E-state index in [0.717, 1.165) is 38.7 Å². The van der Waals surface area contributed by atoms with Crippen molar-refractivity contribution in [3.05, 3.63) is 119 Å². The van der Waals surface area contributed by atoms with E-state index in [4.69, 9.17) is 0 Å². The van der Waals surface area contributed by atoms with E-state index in [1.165, 1.54) is 17.0 Å². The van der Waals surface area contributed by atoms with Gasteiger partial charge in [0.1, 0.15) is 0 Å². The first-order valence-corrected chi connectivity index (χ1v) is 12.2. The van der Waals surface area contributed by atoms with Crippen LogP contribution in [0.15, 0.2) is 97.1 Å². The highest BCUT2D eigenvalue weighted by molar-refractivity contribution is 6.00. The lowest BCUT2D eigenvalue weighted by Gasteiger charge is -2.20. The second kappa shape index (κ2) is 9.74. The molecule has 0 aliphatic rings. The van der Waals surface area contributed by atoms with Crippen molar-refractivity contribution in [1.82, 2.24) is 4.90 Å². The predicted octanol–water partition coefficient (Wildman–Crippen LogP) is 8.30. The summed E-state index contributed by atoms with van der Waals surface area (Å²) < 4.78 is 42.7. The highest BCUT2D eigenvalue weighted by Crippen LogP contribution is 2.40. The van der Waals surface area contributed by atoms with Crippen molar-refractivity contribution in [2.45, 2.75) is 19.5 Å². The lowest BCUT2D eigenvalue weighted by Crippen LogP contribution is -2.29. The van der Waals surface area contributed by atoms with E-state index in [2.05, 4.69) is 6.07 Å². The number of fused-ring (bicyclic) bond motifs is 2. The molecule has 0 radical (unpaired) electrons. The highest BCUT2D eigenvalue weighted by Gasteiger charge is 2.35. The van der Waals surface area contributed by atoms with Gasteiger partial charge in [-0.1, -0.05) is 84.9 Å². The smallest absolute Gasteiger partial charge is 0.341 e. The molecule has 0 fully saturated rings. The van der Waals surface area contributed by atoms with E-state index in [0.29, 0.717) is 18.5 Å². The minimum absolute atomic E-state index is 0.0218. The zero-order valence-corrected chi connectivity index (χ0v) is 20.6. The van der Waals surface area contributed by atoms with Crippen LogP contribution in [0.3, 0.4) is 0 Å². The third kappa shape index (κ3) is 4.94. The Kier molecular flexibility index (Phi) is 6.46. The fraction of sp³-hybridized carbons (Fsp3) is 0.156. The van der Waals surface area contributed by atoms with Crippen LogP contribution < -0.4 is 0 Å². The number of carbonyl (C=O) groups is 1. The third-order valence-corrected chi connectivity index (χ3v) is 6.90. The quantitative estimate of drug-likeness (QED) is 0.239. The molecule has 37 heavy (non-hydrogen) atoms. The van der Waals surface area contributed by atoms with Gasteiger partial charge >= 0.3 is 6.18 Å². The summed E-state index contributed by atoms with van der Waals surface area (Å²) in [5, 5.41) is 3.90. The van der Waals surface area contributed by atoms with Crippen LogP contribution in [0.5, 0.6) is 0 Å². The lowest BCUT2D eigenvalue weighted by molar-refractivity contribution is -0.137. The van der Waals surface area contributed by atoms with E-state index in [-0.39, 0.29) is 11.1 Å². The number of hydrogen-bond donors (Lipinski definition) is 0. The predicted molar refractivity (Wildman–Crippen MR) is 144 cm³/mol. The summed E-state index contributed by atoms with van der Waals surface area (Å²) in [4.78, 5) is 14.6. The van der Waals surface area contributed by atoms with Crippen LogP contribution in [0.25, 0.3) is 32.7 Å². The number of halogens is 3. The number of aryl methyl sites for hydroxylation is 1. The number of benzene rings is 5. The maximum absolute atomic E-state index is 14.2. The van der Waals surface area contributed by atoms with Crippen LogP contribution in [0.4, 0.5) is 13.2 Å². The summed E-state index contributed by atoms with van der Waals surface area (Å²) in [6.07, 6.45) is -4.01. The van der Waals surface area contributed by atoms with E-state index < -0.39 is 17.6 Å². The van der Waals surface area contributed by atoms with Crippen LogP contribution >= 0.6 is 0 Å². The Morgan fingerprint density at radius 1 is 0.757 bits per heavy atom. The molecule has 1 amide bonds. The molecular weight excluding hydrogens is 471 g/mol. The fourth-order valence-electron chi connectivity index (χ4n) is 4.84. The van der Waals surface area contributed by atoms with Gasteiger partial charge in [-0.15, -0.1) is 0 Å². The summed E-state index contributed by atoms with van der Waals surface area (Å²) in [7, 11) is 1.62. The summed E-state index contributed by atoms with van der Waals surface area (Å²) in [6.45, 7) is 2.33. The van der Waals surface area contributed by atoms with Crippen molar-refractivity contribution in [1.29, 1.82) is 0 Å². The molecule has 0 N–H and O–H groups in total. The van der Waals surface area contributed by atoms with Crippen molar-refractivity contribution in [3.8, 4) is 11.1 Å². The zero-order valence-electron chi connectivity index (χ0n) is 20.6. The van der Waals surface area contributed by atoms with Crippen LogP contribution in [0.1, 0.15) is 27.0 Å². The van der Waals surface area contributed by atoms with Crippen molar-refractivity contribution < 1.29 is 18.0 Å². The normalized spacial score (nSPS) is 11.7. The van der Waals surface area contributed by atoms with E-state index >= 15 is 0 Å². The number of nitrogens with zero attached hydrogens (tertiary/aromatic N) is 1. The average Bonchev–Trinajstić information content (AvgIpc) is 2.91. The van der Waals surface area contributed by atoms with Crippen LogP contribution in [-0.4, -0.2) is 24.4 Å². The topological polar surface area (TPSA) is 20.3 Å². The van der Waals surface area contributed by atoms with Gasteiger partial charge in [0.2, 0.25) is 0 Å². The molecule has 0 atom stereocenters. The summed E-state index contributed by atoms with van der Waals surface area (Å²) in [5.74, 6) is -0.438. The van der Waals surface area contributed by atoms with Gasteiger partial charge < -0.3 is 4.90 Å². The Morgan fingerprint density at radius 3 is 2.19 bits per heavy atom. The number of carbonyl (C=O) groups excluding carboxylic acids is 1. The molecule has 5 aromatic rings. The average molecular weight is 498 g/mol. The first kappa shape index (κ1) is 24.6. The molecule has 0 unspecified atom stereocenters. The number of likely N-dealkylation sites (N-methyl/N-ethyl adjacent to an activating group) is 1. The maximum Gasteiger partial charge on any atom is 0.417 e. The van der Waals surface area contributed by atoms with Crippen molar-refractivity contribution >= 4 is 27.5 Å². The summed E-state index contributed by atoms with van der Waals surface area (Å²) in [6, 6.07) is 29.0. The standard InChI is InChI=1S/C32H26F3NO/c1-21-11-15-28(27-10-6-5-9-26(21)27)29-16-14-25(20-30(29)32(33,34)35)31(37)36(2)18-17-22-12-13-23-7-3-4-8-24(23)19-22/h3-16,19-20H,17-18H2,1-2H3. The molecule has 0 saturated heterocycles.